The Balaban J connectivity index is 2.04. The summed E-state index contributed by atoms with van der Waals surface area (Å²) in [7, 11) is 2.07. The fraction of sp³-hybridized carbons (Fsp3) is 0.833. The van der Waals surface area contributed by atoms with E-state index in [0.29, 0.717) is 16.7 Å². The molecule has 0 amide bonds. The molecule has 0 bridgehead atoms. The summed E-state index contributed by atoms with van der Waals surface area (Å²) in [5.41, 5.74) is 0.394. The summed E-state index contributed by atoms with van der Waals surface area (Å²) in [6.45, 7) is 6.81. The maximum Gasteiger partial charge on any atom is 0.170 e. The van der Waals surface area contributed by atoms with Crippen molar-refractivity contribution in [1.82, 2.24) is 14.7 Å². The monoisotopic (exact) mass is 271 g/mol. The van der Waals surface area contributed by atoms with E-state index in [-0.39, 0.29) is 0 Å². The SMILES string of the molecule is CCc1nsc(SC2CCC(C)(C)C2NC)n1. The first-order valence-electron chi connectivity index (χ1n) is 6.23. The van der Waals surface area contributed by atoms with Gasteiger partial charge in [0.25, 0.3) is 0 Å². The predicted molar refractivity (Wildman–Crippen MR) is 74.8 cm³/mol. The summed E-state index contributed by atoms with van der Waals surface area (Å²) in [4.78, 5) is 4.55. The van der Waals surface area contributed by atoms with Crippen molar-refractivity contribution in [2.45, 2.75) is 55.7 Å². The average molecular weight is 271 g/mol. The van der Waals surface area contributed by atoms with Crippen molar-refractivity contribution in [1.29, 1.82) is 0 Å². The minimum absolute atomic E-state index is 0.394. The molecule has 1 aliphatic carbocycles. The first-order chi connectivity index (χ1) is 8.06. The smallest absolute Gasteiger partial charge is 0.170 e. The average Bonchev–Trinajstić information content (AvgIpc) is 2.84. The van der Waals surface area contributed by atoms with E-state index >= 15 is 0 Å². The van der Waals surface area contributed by atoms with E-state index in [4.69, 9.17) is 0 Å². The highest BCUT2D eigenvalue weighted by molar-refractivity contribution is 8.01. The second-order valence-electron chi connectivity index (χ2n) is 5.28. The molecule has 0 aromatic carbocycles. The zero-order chi connectivity index (χ0) is 12.5. The topological polar surface area (TPSA) is 37.8 Å². The number of aromatic nitrogens is 2. The van der Waals surface area contributed by atoms with Crippen LogP contribution in [-0.2, 0) is 6.42 Å². The first kappa shape index (κ1) is 13.3. The van der Waals surface area contributed by atoms with Crippen LogP contribution in [0.3, 0.4) is 0 Å². The number of hydrogen-bond donors (Lipinski definition) is 1. The van der Waals surface area contributed by atoms with Crippen molar-refractivity contribution in [2.24, 2.45) is 5.41 Å². The quantitative estimate of drug-likeness (QED) is 0.913. The van der Waals surface area contributed by atoms with Crippen LogP contribution < -0.4 is 5.32 Å². The van der Waals surface area contributed by atoms with Gasteiger partial charge in [-0.15, -0.1) is 0 Å². The van der Waals surface area contributed by atoms with Crippen LogP contribution in [-0.4, -0.2) is 27.7 Å². The van der Waals surface area contributed by atoms with Crippen LogP contribution in [0.2, 0.25) is 0 Å². The molecule has 5 heteroatoms. The number of thioether (sulfide) groups is 1. The van der Waals surface area contributed by atoms with Crippen LogP contribution in [0.5, 0.6) is 0 Å². The van der Waals surface area contributed by atoms with Gasteiger partial charge in [0.05, 0.1) is 0 Å². The van der Waals surface area contributed by atoms with E-state index in [2.05, 4.69) is 42.5 Å². The molecule has 0 spiro atoms. The van der Waals surface area contributed by atoms with Crippen LogP contribution in [0.25, 0.3) is 0 Å². The Hall–Kier alpha value is -0.130. The summed E-state index contributed by atoms with van der Waals surface area (Å²) in [5.74, 6) is 0.982. The van der Waals surface area contributed by atoms with Crippen molar-refractivity contribution < 1.29 is 0 Å². The molecule has 1 aliphatic rings. The molecule has 1 aromatic heterocycles. The van der Waals surface area contributed by atoms with Crippen LogP contribution in [0, 0.1) is 5.41 Å². The second-order valence-corrected chi connectivity index (χ2v) is 7.52. The van der Waals surface area contributed by atoms with Gasteiger partial charge in [-0.25, -0.2) is 4.98 Å². The lowest BCUT2D eigenvalue weighted by molar-refractivity contribution is 0.300. The van der Waals surface area contributed by atoms with Gasteiger partial charge in [0, 0.05) is 17.7 Å². The third-order valence-electron chi connectivity index (χ3n) is 3.62. The van der Waals surface area contributed by atoms with Crippen LogP contribution >= 0.6 is 23.3 Å². The van der Waals surface area contributed by atoms with Gasteiger partial charge in [0.15, 0.2) is 4.34 Å². The molecule has 3 nitrogen and oxygen atoms in total. The Morgan fingerprint density at radius 3 is 2.88 bits per heavy atom. The summed E-state index contributed by atoms with van der Waals surface area (Å²) in [5, 5.41) is 4.11. The third-order valence-corrected chi connectivity index (χ3v) is 5.78. The van der Waals surface area contributed by atoms with Gasteiger partial charge in [-0.1, -0.05) is 32.5 Å². The molecule has 0 radical (unpaired) electrons. The predicted octanol–water partition coefficient (Wildman–Crippen LogP) is 2.97. The standard InChI is InChI=1S/C12H21N3S2/c1-5-9-14-11(17-15-9)16-8-6-7-12(2,3)10(8)13-4/h8,10,13H,5-7H2,1-4H3. The Morgan fingerprint density at radius 1 is 1.53 bits per heavy atom. The number of aryl methyl sites for hydroxylation is 1. The molecule has 2 unspecified atom stereocenters. The molecule has 0 aliphatic heterocycles. The maximum absolute atomic E-state index is 4.55. The molecule has 0 saturated heterocycles. The molecule has 96 valence electrons. The van der Waals surface area contributed by atoms with Gasteiger partial charge in [-0.3, -0.25) is 0 Å². The van der Waals surface area contributed by atoms with Gasteiger partial charge in [-0.2, -0.15) is 4.37 Å². The van der Waals surface area contributed by atoms with Crippen molar-refractivity contribution in [3.05, 3.63) is 5.82 Å². The zero-order valence-electron chi connectivity index (χ0n) is 11.0. The Bertz CT molecular complexity index is 376. The van der Waals surface area contributed by atoms with Gasteiger partial charge in [0.1, 0.15) is 5.82 Å². The van der Waals surface area contributed by atoms with E-state index < -0.39 is 0 Å². The maximum atomic E-state index is 4.55. The molecule has 1 saturated carbocycles. The normalized spacial score (nSPS) is 27.5. The molecular formula is C12H21N3S2. The highest BCUT2D eigenvalue weighted by atomic mass is 32.2. The lowest BCUT2D eigenvalue weighted by Crippen LogP contribution is -2.41. The summed E-state index contributed by atoms with van der Waals surface area (Å²) in [6.07, 6.45) is 3.49. The third kappa shape index (κ3) is 2.83. The lowest BCUT2D eigenvalue weighted by atomic mass is 9.87. The van der Waals surface area contributed by atoms with Crippen molar-refractivity contribution in [2.75, 3.05) is 7.05 Å². The van der Waals surface area contributed by atoms with Crippen molar-refractivity contribution >= 4 is 23.3 Å². The molecule has 2 rings (SSSR count). The lowest BCUT2D eigenvalue weighted by Gasteiger charge is -2.29. The van der Waals surface area contributed by atoms with Gasteiger partial charge in [-0.05, 0) is 36.8 Å². The van der Waals surface area contributed by atoms with E-state index in [1.807, 2.05) is 11.8 Å². The number of hydrogen-bond acceptors (Lipinski definition) is 5. The van der Waals surface area contributed by atoms with E-state index in [0.717, 1.165) is 16.6 Å². The zero-order valence-corrected chi connectivity index (χ0v) is 12.6. The number of nitrogens with zero attached hydrogens (tertiary/aromatic N) is 2. The fourth-order valence-electron chi connectivity index (χ4n) is 2.60. The van der Waals surface area contributed by atoms with Crippen LogP contribution in [0.1, 0.15) is 39.4 Å². The van der Waals surface area contributed by atoms with E-state index in [1.54, 1.807) is 11.5 Å². The van der Waals surface area contributed by atoms with Crippen molar-refractivity contribution in [3.63, 3.8) is 0 Å². The Labute approximate surface area is 112 Å². The van der Waals surface area contributed by atoms with Gasteiger partial charge < -0.3 is 5.32 Å². The summed E-state index contributed by atoms with van der Waals surface area (Å²) >= 11 is 3.45. The second kappa shape index (κ2) is 5.24. The van der Waals surface area contributed by atoms with E-state index in [1.165, 1.54) is 12.8 Å². The Kier molecular flexibility index (Phi) is 4.10. The van der Waals surface area contributed by atoms with Crippen molar-refractivity contribution in [3.8, 4) is 0 Å². The molecule has 1 aromatic rings. The van der Waals surface area contributed by atoms with Crippen LogP contribution in [0.15, 0.2) is 4.34 Å². The summed E-state index contributed by atoms with van der Waals surface area (Å²) < 4.78 is 5.48. The number of nitrogens with one attached hydrogen (secondary N) is 1. The number of rotatable bonds is 4. The molecule has 1 fully saturated rings. The van der Waals surface area contributed by atoms with Gasteiger partial charge >= 0.3 is 0 Å². The molecule has 2 atom stereocenters. The molecule has 1 N–H and O–H groups in total. The minimum Gasteiger partial charge on any atom is -0.315 e. The largest absolute Gasteiger partial charge is 0.315 e. The molecular weight excluding hydrogens is 250 g/mol. The summed E-state index contributed by atoms with van der Waals surface area (Å²) in [6, 6.07) is 0.571. The minimum atomic E-state index is 0.394. The molecule has 17 heavy (non-hydrogen) atoms. The highest BCUT2D eigenvalue weighted by Crippen LogP contribution is 2.45. The first-order valence-corrected chi connectivity index (χ1v) is 7.88. The Morgan fingerprint density at radius 2 is 2.29 bits per heavy atom. The highest BCUT2D eigenvalue weighted by Gasteiger charge is 2.41. The molecule has 1 heterocycles. The van der Waals surface area contributed by atoms with Gasteiger partial charge in [0.2, 0.25) is 0 Å². The van der Waals surface area contributed by atoms with E-state index in [9.17, 15) is 0 Å². The van der Waals surface area contributed by atoms with Crippen LogP contribution in [0.4, 0.5) is 0 Å². The fourth-order valence-corrected chi connectivity index (χ4v) is 5.05.